The number of halogens is 1. The second-order valence-electron chi connectivity index (χ2n) is 6.02. The van der Waals surface area contributed by atoms with E-state index in [9.17, 15) is 23.7 Å². The van der Waals surface area contributed by atoms with Gasteiger partial charge in [0.05, 0.1) is 34.9 Å². The molecule has 1 heterocycles. The van der Waals surface area contributed by atoms with Gasteiger partial charge in [-0.25, -0.2) is 18.5 Å². The van der Waals surface area contributed by atoms with Gasteiger partial charge in [-0.3, -0.25) is 0 Å². The van der Waals surface area contributed by atoms with Crippen molar-refractivity contribution in [1.82, 2.24) is 9.97 Å². The summed E-state index contributed by atoms with van der Waals surface area (Å²) in [5, 5.41) is 36.6. The second-order valence-corrected chi connectivity index (χ2v) is 8.37. The van der Waals surface area contributed by atoms with Gasteiger partial charge in [0.15, 0.2) is 0 Å². The number of nitrogens with one attached hydrogen (secondary N) is 1. The molecule has 0 amide bonds. The highest BCUT2D eigenvalue weighted by Crippen LogP contribution is 2.28. The van der Waals surface area contributed by atoms with E-state index in [1.807, 2.05) is 0 Å². The Morgan fingerprint density at radius 1 is 1.25 bits per heavy atom. The summed E-state index contributed by atoms with van der Waals surface area (Å²) in [5.74, 6) is 0.309. The summed E-state index contributed by atoms with van der Waals surface area (Å²) in [6, 6.07) is 2.73. The first-order chi connectivity index (χ1) is 13.1. The summed E-state index contributed by atoms with van der Waals surface area (Å²) in [4.78, 5) is 7.97. The molecule has 2 aromatic rings. The van der Waals surface area contributed by atoms with E-state index >= 15 is 0 Å². The van der Waals surface area contributed by atoms with Gasteiger partial charge in [0.25, 0.3) is 0 Å². The molecule has 0 saturated heterocycles. The standard InChI is InChI=1S/C16H21BrN4O6S/c1-8(24)9(2)27-15-13(17)5-19-16(21-15)20-12-3-10(6-22)14(28(18,25)26)11(4-12)7-23/h3-5,8-9,22-24H,6-7H2,1-2H3,(H2,18,25,26)(H,19,20,21)/t8-,9-/m1/s1. The fourth-order valence-electron chi connectivity index (χ4n) is 2.32. The van der Waals surface area contributed by atoms with Gasteiger partial charge in [-0.05, 0) is 53.0 Å². The van der Waals surface area contributed by atoms with E-state index in [0.29, 0.717) is 10.2 Å². The Bertz CT molecular complexity index is 929. The fraction of sp³-hybridized carbons (Fsp3) is 0.375. The van der Waals surface area contributed by atoms with E-state index in [1.54, 1.807) is 13.8 Å². The molecule has 1 aromatic heterocycles. The zero-order valence-electron chi connectivity index (χ0n) is 15.1. The van der Waals surface area contributed by atoms with Crippen LogP contribution >= 0.6 is 15.9 Å². The summed E-state index contributed by atoms with van der Waals surface area (Å²) in [6.45, 7) is 2.06. The molecule has 0 radical (unpaired) electrons. The van der Waals surface area contributed by atoms with E-state index in [0.717, 1.165) is 0 Å². The number of nitrogens with zero attached hydrogens (tertiary/aromatic N) is 2. The van der Waals surface area contributed by atoms with Gasteiger partial charge in [0.2, 0.25) is 21.9 Å². The molecular weight excluding hydrogens is 456 g/mol. The van der Waals surface area contributed by atoms with Gasteiger partial charge in [-0.2, -0.15) is 4.98 Å². The van der Waals surface area contributed by atoms with Gasteiger partial charge >= 0.3 is 0 Å². The molecular formula is C16H21BrN4O6S. The normalized spacial score (nSPS) is 13.8. The molecule has 0 aliphatic heterocycles. The van der Waals surface area contributed by atoms with Gasteiger partial charge in [-0.15, -0.1) is 0 Å². The van der Waals surface area contributed by atoms with Crippen LogP contribution in [0.2, 0.25) is 0 Å². The first kappa shape index (κ1) is 22.5. The number of benzene rings is 1. The van der Waals surface area contributed by atoms with E-state index < -0.39 is 35.4 Å². The Kier molecular flexibility index (Phi) is 7.31. The van der Waals surface area contributed by atoms with Crippen LogP contribution in [0.5, 0.6) is 5.88 Å². The van der Waals surface area contributed by atoms with Crippen molar-refractivity contribution in [2.24, 2.45) is 5.14 Å². The monoisotopic (exact) mass is 476 g/mol. The van der Waals surface area contributed by atoms with Crippen molar-refractivity contribution < 1.29 is 28.5 Å². The highest BCUT2D eigenvalue weighted by Gasteiger charge is 2.20. The maximum atomic E-state index is 11.8. The lowest BCUT2D eigenvalue weighted by Gasteiger charge is -2.18. The van der Waals surface area contributed by atoms with Crippen molar-refractivity contribution in [3.8, 4) is 5.88 Å². The van der Waals surface area contributed by atoms with E-state index in [1.165, 1.54) is 18.3 Å². The topological polar surface area (TPSA) is 168 Å². The van der Waals surface area contributed by atoms with Crippen molar-refractivity contribution in [3.63, 3.8) is 0 Å². The number of hydrogen-bond donors (Lipinski definition) is 5. The van der Waals surface area contributed by atoms with Crippen molar-refractivity contribution in [1.29, 1.82) is 0 Å². The summed E-state index contributed by atoms with van der Waals surface area (Å²) in [6.07, 6.45) is 0.205. The molecule has 0 spiro atoms. The lowest BCUT2D eigenvalue weighted by molar-refractivity contribution is 0.0569. The van der Waals surface area contributed by atoms with Crippen LogP contribution in [0.1, 0.15) is 25.0 Å². The Morgan fingerprint density at radius 3 is 2.29 bits per heavy atom. The fourth-order valence-corrected chi connectivity index (χ4v) is 3.59. The average Bonchev–Trinajstić information content (AvgIpc) is 2.62. The molecule has 6 N–H and O–H groups in total. The molecule has 0 aliphatic rings. The number of sulfonamides is 1. The van der Waals surface area contributed by atoms with Gasteiger partial charge < -0.3 is 25.4 Å². The molecule has 0 aliphatic carbocycles. The minimum Gasteiger partial charge on any atom is -0.471 e. The molecule has 10 nitrogen and oxygen atoms in total. The summed E-state index contributed by atoms with van der Waals surface area (Å²) in [7, 11) is -4.14. The zero-order chi connectivity index (χ0) is 21.1. The predicted octanol–water partition coefficient (Wildman–Crippen LogP) is 0.763. The van der Waals surface area contributed by atoms with Gasteiger partial charge in [0, 0.05) is 5.69 Å². The number of nitrogens with two attached hydrogens (primary N) is 1. The van der Waals surface area contributed by atoms with Crippen LogP contribution in [0, 0.1) is 0 Å². The summed E-state index contributed by atoms with van der Waals surface area (Å²) in [5.41, 5.74) is 0.373. The van der Waals surface area contributed by atoms with Gasteiger partial charge in [0.1, 0.15) is 6.10 Å². The van der Waals surface area contributed by atoms with Crippen molar-refractivity contribution in [2.75, 3.05) is 5.32 Å². The molecule has 0 bridgehead atoms. The van der Waals surface area contributed by atoms with Gasteiger partial charge in [-0.1, -0.05) is 0 Å². The van der Waals surface area contributed by atoms with Crippen LogP contribution in [0.3, 0.4) is 0 Å². The second kappa shape index (κ2) is 9.11. The van der Waals surface area contributed by atoms with Crippen molar-refractivity contribution in [3.05, 3.63) is 33.9 Å². The molecule has 0 saturated carbocycles. The summed E-state index contributed by atoms with van der Waals surface area (Å²) < 4.78 is 29.6. The number of aliphatic hydroxyl groups is 3. The molecule has 2 atom stereocenters. The molecule has 154 valence electrons. The van der Waals surface area contributed by atoms with Crippen LogP contribution in [-0.2, 0) is 23.2 Å². The van der Waals surface area contributed by atoms with Crippen LogP contribution < -0.4 is 15.2 Å². The number of aliphatic hydroxyl groups excluding tert-OH is 3. The van der Waals surface area contributed by atoms with E-state index in [2.05, 4.69) is 31.2 Å². The van der Waals surface area contributed by atoms with Crippen molar-refractivity contribution in [2.45, 2.75) is 44.2 Å². The lowest BCUT2D eigenvalue weighted by Crippen LogP contribution is -2.26. The average molecular weight is 477 g/mol. The Morgan fingerprint density at radius 2 is 1.82 bits per heavy atom. The molecule has 0 unspecified atom stereocenters. The minimum atomic E-state index is -4.14. The number of aromatic nitrogens is 2. The SMILES string of the molecule is C[C@@H](O)[C@@H](C)Oc1nc(Nc2cc(CO)c(S(N)(=O)=O)c(CO)c2)ncc1Br. The van der Waals surface area contributed by atoms with Crippen molar-refractivity contribution >= 4 is 37.6 Å². The highest BCUT2D eigenvalue weighted by molar-refractivity contribution is 9.10. The largest absolute Gasteiger partial charge is 0.471 e. The third kappa shape index (κ3) is 5.37. The van der Waals surface area contributed by atoms with Crippen LogP contribution in [-0.4, -0.2) is 45.9 Å². The molecule has 0 fully saturated rings. The number of primary sulfonamides is 1. The number of rotatable bonds is 8. The number of anilines is 2. The molecule has 12 heteroatoms. The Labute approximate surface area is 170 Å². The highest BCUT2D eigenvalue weighted by atomic mass is 79.9. The number of hydrogen-bond acceptors (Lipinski definition) is 9. The zero-order valence-corrected chi connectivity index (χ0v) is 17.5. The minimum absolute atomic E-state index is 0.0212. The predicted molar refractivity (Wildman–Crippen MR) is 104 cm³/mol. The first-order valence-electron chi connectivity index (χ1n) is 8.11. The van der Waals surface area contributed by atoms with Crippen LogP contribution in [0.25, 0.3) is 0 Å². The Balaban J connectivity index is 2.41. The third-order valence-corrected chi connectivity index (χ3v) is 5.45. The maximum Gasteiger partial charge on any atom is 0.238 e. The van der Waals surface area contributed by atoms with Crippen LogP contribution in [0.15, 0.2) is 27.7 Å². The first-order valence-corrected chi connectivity index (χ1v) is 10.4. The van der Waals surface area contributed by atoms with Crippen LogP contribution in [0.4, 0.5) is 11.6 Å². The number of ether oxygens (including phenoxy) is 1. The quantitative estimate of drug-likeness (QED) is 0.369. The molecule has 28 heavy (non-hydrogen) atoms. The third-order valence-electron chi connectivity index (χ3n) is 3.81. The smallest absolute Gasteiger partial charge is 0.238 e. The van der Waals surface area contributed by atoms with E-state index in [-0.39, 0.29) is 27.9 Å². The Hall–Kier alpha value is -1.83. The molecule has 2 rings (SSSR count). The maximum absolute atomic E-state index is 11.8. The van der Waals surface area contributed by atoms with E-state index in [4.69, 9.17) is 9.88 Å². The lowest BCUT2D eigenvalue weighted by atomic mass is 10.1. The molecule has 1 aromatic carbocycles. The summed E-state index contributed by atoms with van der Waals surface area (Å²) >= 11 is 3.26.